The monoisotopic (exact) mass is 325 g/mol. The highest BCUT2D eigenvalue weighted by Gasteiger charge is 2.00. The number of hydrogen-bond donors (Lipinski definition) is 3. The van der Waals surface area contributed by atoms with Crippen molar-refractivity contribution in [3.8, 4) is 0 Å². The van der Waals surface area contributed by atoms with Crippen molar-refractivity contribution in [1.29, 1.82) is 0 Å². The van der Waals surface area contributed by atoms with Crippen molar-refractivity contribution < 1.29 is 10.0 Å². The lowest BCUT2D eigenvalue weighted by Gasteiger charge is -2.18. The minimum Gasteiger partial charge on any atom is -0.381 e. The Labute approximate surface area is 142 Å². The number of amides is 1. The van der Waals surface area contributed by atoms with Crippen molar-refractivity contribution in [2.75, 3.05) is 23.8 Å². The molecule has 0 spiro atoms. The van der Waals surface area contributed by atoms with E-state index in [-0.39, 0.29) is 0 Å². The number of carbonyl (C=O) groups is 1. The number of benzene rings is 2. The summed E-state index contributed by atoms with van der Waals surface area (Å²) >= 11 is 0. The summed E-state index contributed by atoms with van der Waals surface area (Å²) in [6.07, 6.45) is 2.95. The molecule has 0 saturated carbocycles. The molecule has 1 amide bonds. The molecule has 0 bridgehead atoms. The van der Waals surface area contributed by atoms with Gasteiger partial charge in [0.05, 0.1) is 0 Å². The maximum absolute atomic E-state index is 11.0. The largest absolute Gasteiger partial charge is 0.381 e. The summed E-state index contributed by atoms with van der Waals surface area (Å²) in [4.78, 5) is 13.2. The van der Waals surface area contributed by atoms with Gasteiger partial charge in [-0.3, -0.25) is 10.0 Å². The van der Waals surface area contributed by atoms with E-state index in [1.54, 1.807) is 11.6 Å². The van der Waals surface area contributed by atoms with Gasteiger partial charge in [0.1, 0.15) is 0 Å². The summed E-state index contributed by atoms with van der Waals surface area (Å²) in [7, 11) is 2.07. The minimum atomic E-state index is -0.546. The van der Waals surface area contributed by atoms with Crippen LogP contribution in [0.1, 0.15) is 18.1 Å². The number of anilines is 2. The summed E-state index contributed by atoms with van der Waals surface area (Å²) in [5, 5.41) is 11.9. The van der Waals surface area contributed by atoms with Crippen molar-refractivity contribution in [2.24, 2.45) is 0 Å². The molecule has 0 aliphatic carbocycles. The lowest BCUT2D eigenvalue weighted by atomic mass is 10.1. The summed E-state index contributed by atoms with van der Waals surface area (Å²) < 4.78 is 0. The number of hydroxylamine groups is 1. The molecule has 2 aromatic carbocycles. The second-order valence-corrected chi connectivity index (χ2v) is 5.47. The van der Waals surface area contributed by atoms with Crippen LogP contribution < -0.4 is 15.7 Å². The van der Waals surface area contributed by atoms with E-state index in [1.165, 1.54) is 11.8 Å². The molecule has 0 heterocycles. The zero-order valence-corrected chi connectivity index (χ0v) is 14.0. The summed E-state index contributed by atoms with van der Waals surface area (Å²) in [5.74, 6) is -0.546. The normalized spacial score (nSPS) is 10.6. The highest BCUT2D eigenvalue weighted by Crippen LogP contribution is 2.19. The molecule has 3 N–H and O–H groups in total. The highest BCUT2D eigenvalue weighted by atomic mass is 16.5. The lowest BCUT2D eigenvalue weighted by Crippen LogP contribution is -2.15. The molecule has 2 aromatic rings. The molecule has 24 heavy (non-hydrogen) atoms. The van der Waals surface area contributed by atoms with Gasteiger partial charge in [-0.1, -0.05) is 24.3 Å². The molecule has 0 radical (unpaired) electrons. The third-order valence-electron chi connectivity index (χ3n) is 3.75. The van der Waals surface area contributed by atoms with Crippen molar-refractivity contribution >= 4 is 23.4 Å². The van der Waals surface area contributed by atoms with E-state index in [9.17, 15) is 4.79 Å². The minimum absolute atomic E-state index is 0.546. The van der Waals surface area contributed by atoms with E-state index in [1.807, 2.05) is 36.4 Å². The van der Waals surface area contributed by atoms with Crippen LogP contribution >= 0.6 is 0 Å². The van der Waals surface area contributed by atoms with Gasteiger partial charge < -0.3 is 10.2 Å². The van der Waals surface area contributed by atoms with Crippen LogP contribution in [0.3, 0.4) is 0 Å². The van der Waals surface area contributed by atoms with Gasteiger partial charge in [-0.15, -0.1) is 0 Å². The molecule has 0 aliphatic rings. The number of nitrogens with zero attached hydrogens (tertiary/aromatic N) is 1. The molecule has 2 rings (SSSR count). The van der Waals surface area contributed by atoms with Gasteiger partial charge in [0, 0.05) is 37.6 Å². The second kappa shape index (κ2) is 8.74. The standard InChI is InChI=1S/C19H23N3O2/c1-3-22(2)18-9-5-8-17(13-18)20-14-16-7-4-6-15(12-16)10-11-19(23)21-24/h4-13,20,24H,3,14H2,1-2H3,(H,21,23)/b11-10+. The van der Waals surface area contributed by atoms with Crippen molar-refractivity contribution in [1.82, 2.24) is 5.48 Å². The van der Waals surface area contributed by atoms with Gasteiger partial charge in [0.25, 0.3) is 5.91 Å². The van der Waals surface area contributed by atoms with Crippen LogP contribution in [0.4, 0.5) is 11.4 Å². The Bertz CT molecular complexity index is 713. The molecule has 0 saturated heterocycles. The fraction of sp³-hybridized carbons (Fsp3) is 0.211. The van der Waals surface area contributed by atoms with Gasteiger partial charge in [0.2, 0.25) is 0 Å². The van der Waals surface area contributed by atoms with Gasteiger partial charge in [-0.05, 0) is 48.4 Å². The Kier molecular flexibility index (Phi) is 6.40. The highest BCUT2D eigenvalue weighted by molar-refractivity contribution is 5.90. The smallest absolute Gasteiger partial charge is 0.267 e. The van der Waals surface area contributed by atoms with E-state index in [2.05, 4.69) is 36.3 Å². The van der Waals surface area contributed by atoms with E-state index < -0.39 is 5.91 Å². The van der Waals surface area contributed by atoms with Gasteiger partial charge in [-0.2, -0.15) is 0 Å². The Morgan fingerprint density at radius 1 is 1.21 bits per heavy atom. The fourth-order valence-electron chi connectivity index (χ4n) is 2.26. The fourth-order valence-corrected chi connectivity index (χ4v) is 2.26. The SMILES string of the molecule is CCN(C)c1cccc(NCc2cccc(/C=C/C(=O)NO)c2)c1. The van der Waals surface area contributed by atoms with Crippen molar-refractivity contribution in [2.45, 2.75) is 13.5 Å². The predicted molar refractivity (Wildman–Crippen MR) is 98.1 cm³/mol. The van der Waals surface area contributed by atoms with Crippen molar-refractivity contribution in [3.63, 3.8) is 0 Å². The van der Waals surface area contributed by atoms with E-state index >= 15 is 0 Å². The first-order valence-electron chi connectivity index (χ1n) is 7.88. The van der Waals surface area contributed by atoms with Crippen LogP contribution in [0.2, 0.25) is 0 Å². The zero-order chi connectivity index (χ0) is 17.4. The maximum atomic E-state index is 11.0. The number of nitrogens with one attached hydrogen (secondary N) is 2. The van der Waals surface area contributed by atoms with Crippen LogP contribution in [0.5, 0.6) is 0 Å². The molecule has 0 fully saturated rings. The van der Waals surface area contributed by atoms with Crippen LogP contribution in [0, 0.1) is 0 Å². The summed E-state index contributed by atoms with van der Waals surface area (Å²) in [5.41, 5.74) is 5.82. The number of rotatable bonds is 7. The lowest BCUT2D eigenvalue weighted by molar-refractivity contribution is -0.124. The van der Waals surface area contributed by atoms with Gasteiger partial charge in [-0.25, -0.2) is 5.48 Å². The summed E-state index contributed by atoms with van der Waals surface area (Å²) in [6.45, 7) is 3.77. The third-order valence-corrected chi connectivity index (χ3v) is 3.75. The summed E-state index contributed by atoms with van der Waals surface area (Å²) in [6, 6.07) is 16.2. The molecule has 0 aromatic heterocycles. The van der Waals surface area contributed by atoms with Crippen LogP contribution in [-0.2, 0) is 11.3 Å². The predicted octanol–water partition coefficient (Wildman–Crippen LogP) is 3.27. The van der Waals surface area contributed by atoms with Gasteiger partial charge in [0.15, 0.2) is 0 Å². The zero-order valence-electron chi connectivity index (χ0n) is 14.0. The first-order chi connectivity index (χ1) is 11.6. The Balaban J connectivity index is 2.02. The topological polar surface area (TPSA) is 64.6 Å². The number of hydrogen-bond acceptors (Lipinski definition) is 4. The molecule has 5 nitrogen and oxygen atoms in total. The van der Waals surface area contributed by atoms with E-state index in [0.717, 1.165) is 23.4 Å². The quantitative estimate of drug-likeness (QED) is 0.415. The molecular weight excluding hydrogens is 302 g/mol. The first kappa shape index (κ1) is 17.6. The average Bonchev–Trinajstić information content (AvgIpc) is 2.64. The van der Waals surface area contributed by atoms with Crippen molar-refractivity contribution in [3.05, 3.63) is 65.7 Å². The molecule has 0 aliphatic heterocycles. The molecule has 0 atom stereocenters. The molecule has 5 heteroatoms. The van der Waals surface area contributed by atoms with Gasteiger partial charge >= 0.3 is 0 Å². The van der Waals surface area contributed by atoms with E-state index in [0.29, 0.717) is 6.54 Å². The molecular formula is C19H23N3O2. The third kappa shape index (κ3) is 5.14. The number of carbonyl (C=O) groups excluding carboxylic acids is 1. The molecule has 0 unspecified atom stereocenters. The Morgan fingerprint density at radius 2 is 2.00 bits per heavy atom. The Hall–Kier alpha value is -2.79. The van der Waals surface area contributed by atoms with Crippen LogP contribution in [-0.4, -0.2) is 24.7 Å². The average molecular weight is 325 g/mol. The maximum Gasteiger partial charge on any atom is 0.267 e. The Morgan fingerprint density at radius 3 is 2.75 bits per heavy atom. The first-order valence-corrected chi connectivity index (χ1v) is 7.88. The van der Waals surface area contributed by atoms with Crippen LogP contribution in [0.25, 0.3) is 6.08 Å². The molecule has 126 valence electrons. The van der Waals surface area contributed by atoms with E-state index in [4.69, 9.17) is 5.21 Å². The van der Waals surface area contributed by atoms with Crippen LogP contribution in [0.15, 0.2) is 54.6 Å². The second-order valence-electron chi connectivity index (χ2n) is 5.47.